The maximum absolute atomic E-state index is 12.1. The summed E-state index contributed by atoms with van der Waals surface area (Å²) in [5.74, 6) is -0.432. The molecular weight excluding hydrogens is 398 g/mol. The number of hydrogen-bond acceptors (Lipinski definition) is 4. The Morgan fingerprint density at radius 2 is 1.79 bits per heavy atom. The molecule has 0 fully saturated rings. The summed E-state index contributed by atoms with van der Waals surface area (Å²) >= 11 is 3.29. The molecule has 2 aromatic rings. The second-order valence-corrected chi connectivity index (χ2v) is 8.24. The van der Waals surface area contributed by atoms with E-state index < -0.39 is 21.5 Å². The van der Waals surface area contributed by atoms with E-state index in [9.17, 15) is 18.0 Å². The number of nitrogens with zero attached hydrogens (tertiary/aromatic N) is 2. The molecule has 0 saturated carbocycles. The lowest BCUT2D eigenvalue weighted by atomic mass is 10.3. The lowest BCUT2D eigenvalue weighted by Gasteiger charge is -2.13. The van der Waals surface area contributed by atoms with Crippen LogP contribution in [0.1, 0.15) is 0 Å². The molecule has 1 N–H and O–H groups in total. The summed E-state index contributed by atoms with van der Waals surface area (Å²) in [6.07, 6.45) is 1.17. The van der Waals surface area contributed by atoms with Gasteiger partial charge in [-0.2, -0.15) is 0 Å². The summed E-state index contributed by atoms with van der Waals surface area (Å²) in [7, 11) is -0.891. The maximum Gasteiger partial charge on any atom is 0.251 e. The fraction of sp³-hybridized carbons (Fsp3) is 0.200. The number of carbonyl (C=O) groups excluding carboxylic acids is 1. The first-order chi connectivity index (χ1) is 11.2. The van der Waals surface area contributed by atoms with Crippen molar-refractivity contribution in [1.82, 2.24) is 8.87 Å². The highest BCUT2D eigenvalue weighted by Crippen LogP contribution is 2.14. The first kappa shape index (κ1) is 18.4. The number of hydrogen-bond donors (Lipinski definition) is 1. The van der Waals surface area contributed by atoms with Crippen molar-refractivity contribution in [1.29, 1.82) is 0 Å². The Balaban J connectivity index is 2.21. The topological polar surface area (TPSA) is 88.5 Å². The summed E-state index contributed by atoms with van der Waals surface area (Å²) in [4.78, 5) is 23.9. The minimum Gasteiger partial charge on any atom is -0.325 e. The Labute approximate surface area is 148 Å². The number of halogens is 1. The van der Waals surface area contributed by atoms with Gasteiger partial charge in [0, 0.05) is 36.5 Å². The van der Waals surface area contributed by atoms with E-state index in [2.05, 4.69) is 21.2 Å². The van der Waals surface area contributed by atoms with Gasteiger partial charge in [-0.05, 0) is 30.3 Å². The van der Waals surface area contributed by atoms with Crippen molar-refractivity contribution >= 4 is 37.5 Å². The summed E-state index contributed by atoms with van der Waals surface area (Å²) < 4.78 is 27.2. The van der Waals surface area contributed by atoms with Gasteiger partial charge in [0.1, 0.15) is 6.54 Å². The lowest BCUT2D eigenvalue weighted by Crippen LogP contribution is -2.29. The largest absolute Gasteiger partial charge is 0.325 e. The van der Waals surface area contributed by atoms with E-state index in [0.29, 0.717) is 5.69 Å². The molecule has 0 unspecified atom stereocenters. The lowest BCUT2D eigenvalue weighted by molar-refractivity contribution is -0.116. The van der Waals surface area contributed by atoms with Crippen molar-refractivity contribution in [3.05, 3.63) is 57.4 Å². The standard InChI is InChI=1S/C15H16BrN3O4S/c1-18(2)24(22,23)13-7-8-15(21)19(9-13)10-14(20)17-12-5-3-11(16)4-6-12/h3-9H,10H2,1-2H3,(H,17,20). The van der Waals surface area contributed by atoms with Gasteiger partial charge in [-0.25, -0.2) is 12.7 Å². The second kappa shape index (κ2) is 7.29. The van der Waals surface area contributed by atoms with Crippen LogP contribution in [0.4, 0.5) is 5.69 Å². The van der Waals surface area contributed by atoms with E-state index in [1.54, 1.807) is 24.3 Å². The highest BCUT2D eigenvalue weighted by atomic mass is 79.9. The number of carbonyl (C=O) groups is 1. The number of pyridine rings is 1. The molecular formula is C15H16BrN3O4S. The van der Waals surface area contributed by atoms with E-state index in [-0.39, 0.29) is 11.4 Å². The Morgan fingerprint density at radius 3 is 2.38 bits per heavy atom. The third-order valence-corrected chi connectivity index (χ3v) is 5.50. The summed E-state index contributed by atoms with van der Waals surface area (Å²) in [6, 6.07) is 9.30. The van der Waals surface area contributed by atoms with E-state index in [1.807, 2.05) is 0 Å². The smallest absolute Gasteiger partial charge is 0.251 e. The van der Waals surface area contributed by atoms with Crippen molar-refractivity contribution in [2.45, 2.75) is 11.4 Å². The molecule has 1 aromatic heterocycles. The number of anilines is 1. The van der Waals surface area contributed by atoms with Gasteiger partial charge in [-0.1, -0.05) is 15.9 Å². The normalized spacial score (nSPS) is 11.5. The first-order valence-corrected chi connectivity index (χ1v) is 9.12. The van der Waals surface area contributed by atoms with Gasteiger partial charge in [-0.3, -0.25) is 9.59 Å². The highest BCUT2D eigenvalue weighted by Gasteiger charge is 2.18. The number of benzene rings is 1. The van der Waals surface area contributed by atoms with Crippen LogP contribution in [0.3, 0.4) is 0 Å². The van der Waals surface area contributed by atoms with E-state index >= 15 is 0 Å². The Hall–Kier alpha value is -1.97. The van der Waals surface area contributed by atoms with Crippen LogP contribution in [-0.2, 0) is 21.4 Å². The van der Waals surface area contributed by atoms with Crippen LogP contribution in [0.15, 0.2) is 56.8 Å². The van der Waals surface area contributed by atoms with Crippen molar-refractivity contribution < 1.29 is 13.2 Å². The number of rotatable bonds is 5. The maximum atomic E-state index is 12.1. The number of amides is 1. The zero-order chi connectivity index (χ0) is 17.9. The number of sulfonamides is 1. The molecule has 0 saturated heterocycles. The van der Waals surface area contributed by atoms with Crippen LogP contribution in [0, 0.1) is 0 Å². The van der Waals surface area contributed by atoms with E-state index in [4.69, 9.17) is 0 Å². The van der Waals surface area contributed by atoms with E-state index in [1.165, 1.54) is 26.4 Å². The van der Waals surface area contributed by atoms with Crippen LogP contribution in [-0.4, -0.2) is 37.3 Å². The van der Waals surface area contributed by atoms with Gasteiger partial charge >= 0.3 is 0 Å². The van der Waals surface area contributed by atoms with Gasteiger partial charge in [0.25, 0.3) is 5.56 Å². The molecule has 0 aliphatic heterocycles. The zero-order valence-electron chi connectivity index (χ0n) is 13.1. The van der Waals surface area contributed by atoms with Gasteiger partial charge in [0.2, 0.25) is 15.9 Å². The summed E-state index contributed by atoms with van der Waals surface area (Å²) in [6.45, 7) is -0.286. The quantitative estimate of drug-likeness (QED) is 0.803. The molecule has 0 spiro atoms. The number of nitrogens with one attached hydrogen (secondary N) is 1. The van der Waals surface area contributed by atoms with Crippen molar-refractivity contribution in [3.63, 3.8) is 0 Å². The van der Waals surface area contributed by atoms with Crippen LogP contribution < -0.4 is 10.9 Å². The van der Waals surface area contributed by atoms with Gasteiger partial charge < -0.3 is 9.88 Å². The molecule has 9 heteroatoms. The fourth-order valence-corrected chi connectivity index (χ4v) is 3.07. The molecule has 1 heterocycles. The molecule has 7 nitrogen and oxygen atoms in total. The summed E-state index contributed by atoms with van der Waals surface area (Å²) in [5.41, 5.74) is 0.118. The Bertz CT molecular complexity index is 905. The number of aromatic nitrogens is 1. The van der Waals surface area contributed by atoms with Crippen LogP contribution in [0.2, 0.25) is 0 Å². The van der Waals surface area contributed by atoms with Gasteiger partial charge in [-0.15, -0.1) is 0 Å². The zero-order valence-corrected chi connectivity index (χ0v) is 15.5. The van der Waals surface area contributed by atoms with Crippen molar-refractivity contribution in [3.8, 4) is 0 Å². The predicted octanol–water partition coefficient (Wildman–Crippen LogP) is 1.50. The first-order valence-electron chi connectivity index (χ1n) is 6.88. The van der Waals surface area contributed by atoms with Crippen LogP contribution >= 0.6 is 15.9 Å². The molecule has 2 rings (SSSR count). The molecule has 0 aliphatic carbocycles. The van der Waals surface area contributed by atoms with Gasteiger partial charge in [0.05, 0.1) is 4.90 Å². The van der Waals surface area contributed by atoms with Crippen LogP contribution in [0.5, 0.6) is 0 Å². The van der Waals surface area contributed by atoms with Gasteiger partial charge in [0.15, 0.2) is 0 Å². The Morgan fingerprint density at radius 1 is 1.17 bits per heavy atom. The van der Waals surface area contributed by atoms with Crippen molar-refractivity contribution in [2.75, 3.05) is 19.4 Å². The Kier molecular flexibility index (Phi) is 5.58. The predicted molar refractivity (Wildman–Crippen MR) is 94.3 cm³/mol. The SMILES string of the molecule is CN(C)S(=O)(=O)c1ccc(=O)n(CC(=O)Nc2ccc(Br)cc2)c1. The molecule has 128 valence electrons. The molecule has 1 amide bonds. The molecule has 0 radical (unpaired) electrons. The highest BCUT2D eigenvalue weighted by molar-refractivity contribution is 9.10. The third-order valence-electron chi connectivity index (χ3n) is 3.18. The summed E-state index contributed by atoms with van der Waals surface area (Å²) in [5, 5.41) is 2.65. The molecule has 0 aliphatic rings. The third kappa shape index (κ3) is 4.31. The minimum absolute atomic E-state index is 0.0523. The minimum atomic E-state index is -3.68. The van der Waals surface area contributed by atoms with Crippen LogP contribution in [0.25, 0.3) is 0 Å². The fourth-order valence-electron chi connectivity index (χ4n) is 1.88. The monoisotopic (exact) mass is 413 g/mol. The molecule has 0 bridgehead atoms. The average Bonchev–Trinajstić information content (AvgIpc) is 2.51. The second-order valence-electron chi connectivity index (χ2n) is 5.17. The molecule has 24 heavy (non-hydrogen) atoms. The molecule has 1 aromatic carbocycles. The average molecular weight is 414 g/mol. The molecule has 0 atom stereocenters. The van der Waals surface area contributed by atoms with Crippen molar-refractivity contribution in [2.24, 2.45) is 0 Å². The van der Waals surface area contributed by atoms with E-state index in [0.717, 1.165) is 19.4 Å².